The number of thiazole rings is 1. The van der Waals surface area contributed by atoms with E-state index in [1.807, 2.05) is 20.8 Å². The second kappa shape index (κ2) is 6.49. The SMILES string of the molecule is Cc1nc(C(=O)Nc2ccc(C(=O)NC(C)C)cc2)cs1. The van der Waals surface area contributed by atoms with Crippen LogP contribution in [0.1, 0.15) is 39.7 Å². The van der Waals surface area contributed by atoms with Crippen LogP contribution in [0, 0.1) is 6.92 Å². The molecule has 2 aromatic rings. The number of amides is 2. The molecular weight excluding hydrogens is 286 g/mol. The summed E-state index contributed by atoms with van der Waals surface area (Å²) in [5, 5.41) is 8.13. The molecule has 2 rings (SSSR count). The summed E-state index contributed by atoms with van der Waals surface area (Å²) in [7, 11) is 0. The first-order valence-corrected chi connectivity index (χ1v) is 7.48. The first-order valence-electron chi connectivity index (χ1n) is 6.60. The minimum absolute atomic E-state index is 0.0878. The summed E-state index contributed by atoms with van der Waals surface area (Å²) < 4.78 is 0. The molecule has 0 unspecified atom stereocenters. The predicted octanol–water partition coefficient (Wildman–Crippen LogP) is 2.84. The lowest BCUT2D eigenvalue weighted by atomic mass is 10.2. The Morgan fingerprint density at radius 1 is 1.14 bits per heavy atom. The van der Waals surface area contributed by atoms with Gasteiger partial charge in [0.2, 0.25) is 0 Å². The average molecular weight is 303 g/mol. The van der Waals surface area contributed by atoms with Gasteiger partial charge in [-0.2, -0.15) is 0 Å². The molecule has 0 aliphatic heterocycles. The number of nitrogens with zero attached hydrogens (tertiary/aromatic N) is 1. The van der Waals surface area contributed by atoms with Gasteiger partial charge in [0.15, 0.2) is 0 Å². The molecule has 0 atom stereocenters. The molecule has 0 saturated heterocycles. The van der Waals surface area contributed by atoms with Crippen LogP contribution in [0.2, 0.25) is 0 Å². The Labute approximate surface area is 127 Å². The van der Waals surface area contributed by atoms with Gasteiger partial charge in [-0.15, -0.1) is 11.3 Å². The Bertz CT molecular complexity index is 647. The van der Waals surface area contributed by atoms with Gasteiger partial charge in [0, 0.05) is 22.7 Å². The quantitative estimate of drug-likeness (QED) is 0.912. The fourth-order valence-corrected chi connectivity index (χ4v) is 2.31. The van der Waals surface area contributed by atoms with Crippen LogP contribution >= 0.6 is 11.3 Å². The Morgan fingerprint density at radius 2 is 1.81 bits per heavy atom. The average Bonchev–Trinajstić information content (AvgIpc) is 2.85. The minimum Gasteiger partial charge on any atom is -0.350 e. The van der Waals surface area contributed by atoms with Crippen LogP contribution in [0.3, 0.4) is 0 Å². The smallest absolute Gasteiger partial charge is 0.275 e. The van der Waals surface area contributed by atoms with Gasteiger partial charge in [-0.1, -0.05) is 0 Å². The predicted molar refractivity (Wildman–Crippen MR) is 83.8 cm³/mol. The van der Waals surface area contributed by atoms with Crippen molar-refractivity contribution in [1.82, 2.24) is 10.3 Å². The molecule has 110 valence electrons. The van der Waals surface area contributed by atoms with E-state index in [0.717, 1.165) is 5.01 Å². The van der Waals surface area contributed by atoms with Crippen molar-refractivity contribution in [3.8, 4) is 0 Å². The number of hydrogen-bond donors (Lipinski definition) is 2. The molecule has 5 nitrogen and oxygen atoms in total. The van der Waals surface area contributed by atoms with E-state index < -0.39 is 0 Å². The number of anilines is 1. The topological polar surface area (TPSA) is 71.1 Å². The van der Waals surface area contributed by atoms with E-state index in [0.29, 0.717) is 16.9 Å². The molecule has 2 amide bonds. The number of carbonyl (C=O) groups is 2. The summed E-state index contributed by atoms with van der Waals surface area (Å²) in [5.74, 6) is -0.378. The number of nitrogens with one attached hydrogen (secondary N) is 2. The number of benzene rings is 1. The summed E-state index contributed by atoms with van der Waals surface area (Å²) in [6, 6.07) is 6.85. The lowest BCUT2D eigenvalue weighted by Crippen LogP contribution is -2.30. The minimum atomic E-state index is -0.251. The second-order valence-corrected chi connectivity index (χ2v) is 5.97. The lowest BCUT2D eigenvalue weighted by Gasteiger charge is -2.09. The zero-order chi connectivity index (χ0) is 15.4. The number of carbonyl (C=O) groups excluding carboxylic acids is 2. The summed E-state index contributed by atoms with van der Waals surface area (Å²) in [6.07, 6.45) is 0. The molecule has 0 radical (unpaired) electrons. The highest BCUT2D eigenvalue weighted by atomic mass is 32.1. The van der Waals surface area contributed by atoms with Gasteiger partial charge in [0.1, 0.15) is 5.69 Å². The normalized spacial score (nSPS) is 10.5. The van der Waals surface area contributed by atoms with Gasteiger partial charge in [0.05, 0.1) is 5.01 Å². The van der Waals surface area contributed by atoms with Crippen LogP contribution in [0.5, 0.6) is 0 Å². The van der Waals surface area contributed by atoms with Gasteiger partial charge in [-0.05, 0) is 45.0 Å². The van der Waals surface area contributed by atoms with Gasteiger partial charge >= 0.3 is 0 Å². The van der Waals surface area contributed by atoms with Gasteiger partial charge in [-0.3, -0.25) is 9.59 Å². The van der Waals surface area contributed by atoms with Crippen molar-refractivity contribution < 1.29 is 9.59 Å². The van der Waals surface area contributed by atoms with Gasteiger partial charge in [-0.25, -0.2) is 4.98 Å². The highest BCUT2D eigenvalue weighted by Crippen LogP contribution is 2.13. The van der Waals surface area contributed by atoms with Gasteiger partial charge < -0.3 is 10.6 Å². The number of rotatable bonds is 4. The van der Waals surface area contributed by atoms with E-state index in [2.05, 4.69) is 15.6 Å². The van der Waals surface area contributed by atoms with Gasteiger partial charge in [0.25, 0.3) is 11.8 Å². The largest absolute Gasteiger partial charge is 0.350 e. The van der Waals surface area contributed by atoms with Crippen LogP contribution in [0.4, 0.5) is 5.69 Å². The standard InChI is InChI=1S/C15H17N3O2S/c1-9(2)16-14(19)11-4-6-12(7-5-11)18-15(20)13-8-21-10(3)17-13/h4-9H,1-3H3,(H,16,19)(H,18,20). The monoisotopic (exact) mass is 303 g/mol. The molecule has 1 aromatic heterocycles. The third-order valence-corrected chi connectivity index (χ3v) is 3.45. The highest BCUT2D eigenvalue weighted by Gasteiger charge is 2.10. The van der Waals surface area contributed by atoms with Crippen LogP contribution in [0.15, 0.2) is 29.6 Å². The molecule has 0 saturated carbocycles. The maximum atomic E-state index is 11.9. The zero-order valence-electron chi connectivity index (χ0n) is 12.1. The Hall–Kier alpha value is -2.21. The molecule has 1 heterocycles. The van der Waals surface area contributed by atoms with Crippen molar-refractivity contribution in [2.45, 2.75) is 26.8 Å². The number of aromatic nitrogens is 1. The fraction of sp³-hybridized carbons (Fsp3) is 0.267. The second-order valence-electron chi connectivity index (χ2n) is 4.91. The van der Waals surface area contributed by atoms with Crippen molar-refractivity contribution in [2.75, 3.05) is 5.32 Å². The molecule has 0 fully saturated rings. The van der Waals surface area contributed by atoms with Crippen molar-refractivity contribution in [1.29, 1.82) is 0 Å². The number of aryl methyl sites for hydroxylation is 1. The summed E-state index contributed by atoms with van der Waals surface area (Å²) >= 11 is 1.43. The lowest BCUT2D eigenvalue weighted by molar-refractivity contribution is 0.0942. The van der Waals surface area contributed by atoms with E-state index in [1.54, 1.807) is 29.6 Å². The summed E-state index contributed by atoms with van der Waals surface area (Å²) in [6.45, 7) is 5.66. The number of hydrogen-bond acceptors (Lipinski definition) is 4. The molecule has 21 heavy (non-hydrogen) atoms. The Morgan fingerprint density at radius 3 is 2.33 bits per heavy atom. The van der Waals surface area contributed by atoms with E-state index in [9.17, 15) is 9.59 Å². The molecule has 0 aliphatic carbocycles. The van der Waals surface area contributed by atoms with Crippen LogP contribution in [-0.4, -0.2) is 22.8 Å². The first kappa shape index (κ1) is 15.2. The van der Waals surface area contributed by atoms with E-state index >= 15 is 0 Å². The fourth-order valence-electron chi connectivity index (χ4n) is 1.71. The zero-order valence-corrected chi connectivity index (χ0v) is 13.0. The molecular formula is C15H17N3O2S. The van der Waals surface area contributed by atoms with Crippen molar-refractivity contribution in [2.24, 2.45) is 0 Å². The third kappa shape index (κ3) is 4.13. The van der Waals surface area contributed by atoms with E-state index in [1.165, 1.54) is 11.3 Å². The Balaban J connectivity index is 2.02. The van der Waals surface area contributed by atoms with Crippen LogP contribution in [-0.2, 0) is 0 Å². The molecule has 0 aliphatic rings. The molecule has 0 bridgehead atoms. The van der Waals surface area contributed by atoms with Crippen molar-refractivity contribution >= 4 is 28.8 Å². The Kier molecular flexibility index (Phi) is 4.70. The first-order chi connectivity index (χ1) is 9.95. The summed E-state index contributed by atoms with van der Waals surface area (Å²) in [5.41, 5.74) is 1.59. The molecule has 6 heteroatoms. The highest BCUT2D eigenvalue weighted by molar-refractivity contribution is 7.09. The third-order valence-electron chi connectivity index (χ3n) is 2.68. The van der Waals surface area contributed by atoms with Crippen molar-refractivity contribution in [3.05, 3.63) is 45.9 Å². The van der Waals surface area contributed by atoms with Crippen LogP contribution in [0.25, 0.3) is 0 Å². The molecule has 0 spiro atoms. The van der Waals surface area contributed by atoms with Crippen LogP contribution < -0.4 is 10.6 Å². The van der Waals surface area contributed by atoms with Crippen molar-refractivity contribution in [3.63, 3.8) is 0 Å². The van der Waals surface area contributed by atoms with E-state index in [4.69, 9.17) is 0 Å². The maximum Gasteiger partial charge on any atom is 0.275 e. The van der Waals surface area contributed by atoms with E-state index in [-0.39, 0.29) is 17.9 Å². The maximum absolute atomic E-state index is 11.9. The molecule has 1 aromatic carbocycles. The summed E-state index contributed by atoms with van der Waals surface area (Å²) in [4.78, 5) is 27.9. The molecule has 2 N–H and O–H groups in total.